The summed E-state index contributed by atoms with van der Waals surface area (Å²) in [4.78, 5) is 25.3. The number of nitrogens with one attached hydrogen (secondary N) is 1. The first kappa shape index (κ1) is 32.8. The van der Waals surface area contributed by atoms with Crippen molar-refractivity contribution < 1.29 is 28.8 Å². The summed E-state index contributed by atoms with van der Waals surface area (Å²) in [5.41, 5.74) is 19.4. The van der Waals surface area contributed by atoms with Crippen LogP contribution in [-0.2, 0) is 32.0 Å². The Labute approximate surface area is 259 Å². The Kier molecular flexibility index (Phi) is 11.7. The number of methoxy groups -OCH3 is 2. The minimum Gasteiger partial charge on any atom is -0.494 e. The molecule has 1 amide bonds. The number of ether oxygens (including phenoxy) is 4. The third-order valence-electron chi connectivity index (χ3n) is 7.23. The third-order valence-corrected chi connectivity index (χ3v) is 7.23. The molecular formula is C31H34N8O6. The summed E-state index contributed by atoms with van der Waals surface area (Å²) in [6, 6.07) is 21.2. The van der Waals surface area contributed by atoms with Gasteiger partial charge in [0, 0.05) is 54.7 Å². The van der Waals surface area contributed by atoms with E-state index >= 15 is 0 Å². The van der Waals surface area contributed by atoms with Crippen LogP contribution in [0.25, 0.3) is 20.9 Å². The zero-order valence-electron chi connectivity index (χ0n) is 24.9. The molecule has 14 nitrogen and oxygen atoms in total. The molecule has 45 heavy (non-hydrogen) atoms. The van der Waals surface area contributed by atoms with Crippen LogP contribution in [0, 0.1) is 0 Å². The Morgan fingerprint density at radius 1 is 1.04 bits per heavy atom. The smallest absolute Gasteiger partial charge is 0.252 e. The van der Waals surface area contributed by atoms with Crippen molar-refractivity contribution >= 4 is 17.5 Å². The van der Waals surface area contributed by atoms with E-state index in [0.29, 0.717) is 46.7 Å². The molecular weight excluding hydrogens is 580 g/mol. The van der Waals surface area contributed by atoms with Gasteiger partial charge in [-0.2, -0.15) is 0 Å². The summed E-state index contributed by atoms with van der Waals surface area (Å²) >= 11 is 0. The number of nitrogens with zero attached hydrogens (tertiary/aromatic N) is 7. The number of amides is 1. The van der Waals surface area contributed by atoms with Crippen LogP contribution in [0.5, 0.6) is 5.75 Å². The predicted molar refractivity (Wildman–Crippen MR) is 166 cm³/mol. The Hall–Kier alpha value is -5.10. The molecule has 234 valence electrons. The number of benzene rings is 3. The van der Waals surface area contributed by atoms with Crippen LogP contribution in [0.1, 0.15) is 34.8 Å². The summed E-state index contributed by atoms with van der Waals surface area (Å²) in [6.07, 6.45) is -1.22. The Morgan fingerprint density at radius 3 is 2.44 bits per heavy atom. The first-order chi connectivity index (χ1) is 22.0. The topological polar surface area (TPSA) is 196 Å². The highest BCUT2D eigenvalue weighted by Crippen LogP contribution is 2.44. The number of hydrogen-bond acceptors (Lipinski definition) is 9. The maximum atomic E-state index is 14.4. The molecule has 3 aromatic rings. The lowest BCUT2D eigenvalue weighted by molar-refractivity contribution is -0.134. The van der Waals surface area contributed by atoms with Gasteiger partial charge >= 0.3 is 0 Å². The molecule has 2 atom stereocenters. The zero-order valence-corrected chi connectivity index (χ0v) is 24.9. The highest BCUT2D eigenvalue weighted by molar-refractivity contribution is 6.01. The van der Waals surface area contributed by atoms with Crippen molar-refractivity contribution in [2.24, 2.45) is 15.2 Å². The van der Waals surface area contributed by atoms with E-state index in [2.05, 4.69) is 25.4 Å². The van der Waals surface area contributed by atoms with Gasteiger partial charge in [-0.3, -0.25) is 4.79 Å². The lowest BCUT2D eigenvalue weighted by Gasteiger charge is -2.32. The molecule has 0 spiro atoms. The number of aliphatic hydroxyl groups is 1. The van der Waals surface area contributed by atoms with Crippen LogP contribution >= 0.6 is 0 Å². The molecule has 0 aromatic heterocycles. The second kappa shape index (κ2) is 16.1. The Bertz CT molecular complexity index is 1580. The fraction of sp³-hybridized carbons (Fsp3) is 0.355. The molecule has 1 heterocycles. The van der Waals surface area contributed by atoms with E-state index in [9.17, 15) is 10.3 Å². The number of aliphatic imine (C=N–C) groups is 1. The monoisotopic (exact) mass is 614 g/mol. The molecule has 0 bridgehead atoms. The predicted octanol–water partition coefficient (Wildman–Crippen LogP) is 5.43. The van der Waals surface area contributed by atoms with Crippen LogP contribution in [0.3, 0.4) is 0 Å². The van der Waals surface area contributed by atoms with E-state index in [0.717, 1.165) is 0 Å². The second-order valence-electron chi connectivity index (χ2n) is 9.98. The maximum Gasteiger partial charge on any atom is 0.252 e. The lowest BCUT2D eigenvalue weighted by atomic mass is 9.80. The average Bonchev–Trinajstić information content (AvgIpc) is 3.46. The van der Waals surface area contributed by atoms with Crippen molar-refractivity contribution in [3.05, 3.63) is 116 Å². The first-order valence-corrected chi connectivity index (χ1v) is 14.2. The van der Waals surface area contributed by atoms with Gasteiger partial charge in [0.05, 0.1) is 19.7 Å². The zero-order chi connectivity index (χ0) is 32.1. The fourth-order valence-electron chi connectivity index (χ4n) is 4.99. The van der Waals surface area contributed by atoms with Crippen molar-refractivity contribution in [1.82, 2.24) is 5.32 Å². The molecule has 1 aliphatic heterocycles. The molecule has 0 saturated heterocycles. The van der Waals surface area contributed by atoms with Crippen LogP contribution < -0.4 is 10.1 Å². The van der Waals surface area contributed by atoms with E-state index in [1.165, 1.54) is 14.2 Å². The van der Waals surface area contributed by atoms with Crippen molar-refractivity contribution in [2.45, 2.75) is 37.3 Å². The summed E-state index contributed by atoms with van der Waals surface area (Å²) in [5, 5.41) is 19.6. The summed E-state index contributed by atoms with van der Waals surface area (Å²) < 4.78 is 22.8. The van der Waals surface area contributed by atoms with Gasteiger partial charge in [-0.25, -0.2) is 4.99 Å². The highest BCUT2D eigenvalue weighted by Gasteiger charge is 2.54. The SMILES string of the molecule is COC(CNC(=O)[C@]1(Cc2ccccc2N=[N+]=[N-])N=C(c2ccc(OCCCO)cc2)O[C@@H]1c1ccccc1CN=[N+]=[N-])OC. The molecule has 0 aliphatic carbocycles. The number of carbonyl (C=O) groups excluding carboxylic acids is 1. The molecule has 3 aromatic carbocycles. The lowest BCUT2D eigenvalue weighted by Crippen LogP contribution is -2.51. The number of hydrogen-bond donors (Lipinski definition) is 2. The molecule has 0 unspecified atom stereocenters. The number of rotatable bonds is 16. The standard InChI is InChI=1S/C31H34N8O6/c1-42-27(43-2)20-34-30(41)31(18-22-8-4-6-11-26(22)37-39-33)28(25-10-5-3-9-23(25)19-35-38-32)45-29(36-31)21-12-14-24(15-13-21)44-17-7-16-40/h3-6,8-15,27-28,40H,7,16-20H2,1-2H3,(H,34,41)/t28-,31-/m1/s1. The second-order valence-corrected chi connectivity index (χ2v) is 9.98. The molecule has 14 heteroatoms. The summed E-state index contributed by atoms with van der Waals surface area (Å²) in [5.74, 6) is 0.311. The van der Waals surface area contributed by atoms with Gasteiger partial charge in [0.1, 0.15) is 5.75 Å². The summed E-state index contributed by atoms with van der Waals surface area (Å²) in [7, 11) is 2.93. The average molecular weight is 615 g/mol. The molecule has 0 radical (unpaired) electrons. The molecule has 2 N–H and O–H groups in total. The molecule has 4 rings (SSSR count). The van der Waals surface area contributed by atoms with Crippen molar-refractivity contribution in [1.29, 1.82) is 0 Å². The van der Waals surface area contributed by atoms with Gasteiger partial charge in [-0.1, -0.05) is 58.8 Å². The highest BCUT2D eigenvalue weighted by atomic mass is 16.7. The van der Waals surface area contributed by atoms with Gasteiger partial charge in [-0.15, -0.1) is 0 Å². The normalized spacial score (nSPS) is 17.1. The largest absolute Gasteiger partial charge is 0.494 e. The Balaban J connectivity index is 1.88. The molecule has 1 aliphatic rings. The number of carbonyl (C=O) groups is 1. The van der Waals surface area contributed by atoms with Crippen LogP contribution in [-0.4, -0.2) is 62.7 Å². The molecule has 0 saturated carbocycles. The quantitative estimate of drug-likeness (QED) is 0.0708. The first-order valence-electron chi connectivity index (χ1n) is 14.2. The van der Waals surface area contributed by atoms with E-state index < -0.39 is 23.8 Å². The summed E-state index contributed by atoms with van der Waals surface area (Å²) in [6.45, 7) is 0.413. The van der Waals surface area contributed by atoms with Gasteiger partial charge in [0.25, 0.3) is 5.91 Å². The molecule has 0 fully saturated rings. The van der Waals surface area contributed by atoms with E-state index in [1.807, 2.05) is 0 Å². The van der Waals surface area contributed by atoms with Gasteiger partial charge in [0.15, 0.2) is 17.9 Å². The van der Waals surface area contributed by atoms with Crippen molar-refractivity contribution in [3.8, 4) is 5.75 Å². The van der Waals surface area contributed by atoms with Gasteiger partial charge in [-0.05, 0) is 52.0 Å². The van der Waals surface area contributed by atoms with Crippen LogP contribution in [0.2, 0.25) is 0 Å². The number of aliphatic hydroxyl groups excluding tert-OH is 1. The van der Waals surface area contributed by atoms with Crippen molar-refractivity contribution in [2.75, 3.05) is 34.0 Å². The number of azide groups is 2. The van der Waals surface area contributed by atoms with Crippen LogP contribution in [0.15, 0.2) is 88.0 Å². The van der Waals surface area contributed by atoms with E-state index in [-0.39, 0.29) is 32.0 Å². The fourth-order valence-corrected chi connectivity index (χ4v) is 4.99. The third kappa shape index (κ3) is 7.90. The van der Waals surface area contributed by atoms with E-state index in [1.54, 1.807) is 72.8 Å². The van der Waals surface area contributed by atoms with Gasteiger partial charge in [0.2, 0.25) is 5.90 Å². The minimum absolute atomic E-state index is 0.00890. The van der Waals surface area contributed by atoms with E-state index in [4.69, 9.17) is 34.6 Å². The van der Waals surface area contributed by atoms with Crippen molar-refractivity contribution in [3.63, 3.8) is 0 Å². The maximum absolute atomic E-state index is 14.4. The van der Waals surface area contributed by atoms with Gasteiger partial charge < -0.3 is 29.4 Å². The Morgan fingerprint density at radius 2 is 1.76 bits per heavy atom. The minimum atomic E-state index is -1.62. The van der Waals surface area contributed by atoms with Crippen LogP contribution in [0.4, 0.5) is 5.69 Å².